The Bertz CT molecular complexity index is 1310. The maximum atomic E-state index is 14.9. The van der Waals surface area contributed by atoms with Crippen LogP contribution in [0.15, 0.2) is 27.8 Å². The molecule has 1 saturated heterocycles. The van der Waals surface area contributed by atoms with Crippen LogP contribution < -0.4 is 0 Å². The van der Waals surface area contributed by atoms with Crippen LogP contribution in [0.5, 0.6) is 0 Å². The average Bonchev–Trinajstić information content (AvgIpc) is 3.30. The highest BCUT2D eigenvalue weighted by Crippen LogP contribution is 2.64. The molecule has 5 rings (SSSR count). The van der Waals surface area contributed by atoms with Gasteiger partial charge in [0, 0.05) is 11.3 Å². The van der Waals surface area contributed by atoms with Gasteiger partial charge in [0.2, 0.25) is 0 Å². The van der Waals surface area contributed by atoms with Crippen molar-refractivity contribution < 1.29 is 33.4 Å². The minimum atomic E-state index is -1.89. The van der Waals surface area contributed by atoms with E-state index in [1.807, 2.05) is 46.8 Å². The van der Waals surface area contributed by atoms with Crippen molar-refractivity contribution in [3.8, 4) is 0 Å². The van der Waals surface area contributed by atoms with Crippen LogP contribution in [0, 0.1) is 35.5 Å². The topological polar surface area (TPSA) is 108 Å². The first kappa shape index (κ1) is 29.2. The third-order valence-electron chi connectivity index (χ3n) is 10.3. The second kappa shape index (κ2) is 8.85. The number of hydrogen-bond donors (Lipinski definition) is 1. The summed E-state index contributed by atoms with van der Waals surface area (Å²) in [7, 11) is 0. The molecule has 1 saturated carbocycles. The first-order valence-electron chi connectivity index (χ1n) is 14.4. The molecule has 0 aromatic carbocycles. The zero-order valence-corrected chi connectivity index (χ0v) is 25.8. The molecule has 8 nitrogen and oxygen atoms in total. The Labute approximate surface area is 237 Å². The molecule has 0 amide bonds. The lowest BCUT2D eigenvalue weighted by molar-refractivity contribution is -0.302. The molecule has 0 radical (unpaired) electrons. The van der Waals surface area contributed by atoms with Gasteiger partial charge < -0.3 is 23.8 Å². The number of aryl methyl sites for hydroxylation is 1. The highest BCUT2D eigenvalue weighted by atomic mass is 16.7. The molecule has 0 unspecified atom stereocenters. The third kappa shape index (κ3) is 3.85. The SMILES string of the molecule is CC1=C[C@]23C(=O)[C@@H](C=C4COC(C)(C)O[C@H]4[C@]2(O)[C@H]1OC(=O)c1c(C(C)(C)C)noc1C)C(C)(C)[C@@H](C)C[C@H]3C. The van der Waals surface area contributed by atoms with Crippen LogP contribution in [0.1, 0.15) is 97.5 Å². The molecule has 40 heavy (non-hydrogen) atoms. The monoisotopic (exact) mass is 555 g/mol. The second-order valence-electron chi connectivity index (χ2n) is 14.7. The maximum Gasteiger partial charge on any atom is 0.344 e. The Balaban J connectivity index is 1.71. The summed E-state index contributed by atoms with van der Waals surface area (Å²) in [4.78, 5) is 28.8. The lowest BCUT2D eigenvalue weighted by Crippen LogP contribution is -2.68. The van der Waals surface area contributed by atoms with Gasteiger partial charge in [0.25, 0.3) is 0 Å². The molecule has 220 valence electrons. The smallest absolute Gasteiger partial charge is 0.344 e. The number of ketones is 1. The molecular weight excluding hydrogens is 510 g/mol. The molecule has 2 fully saturated rings. The standard InChI is InChI=1S/C32H45NO7/c1-16-14-31-18(3)12-17(2)29(8,9)21(24(31)34)13-20-15-37-30(10,11)39-26(20)32(31,36)25(16)38-27(35)22-19(4)40-33-23(22)28(5,6)7/h13-14,17-18,21,25-26,36H,12,15H2,1-11H3/t17-,18+,21+,25-,26+,31-,32+/m0/s1. The van der Waals surface area contributed by atoms with Gasteiger partial charge in [-0.15, -0.1) is 0 Å². The molecule has 1 N–H and O–H groups in total. The number of nitrogens with zero attached hydrogens (tertiary/aromatic N) is 1. The van der Waals surface area contributed by atoms with Crippen molar-refractivity contribution in [1.82, 2.24) is 5.16 Å². The van der Waals surface area contributed by atoms with Crippen LogP contribution in [0.25, 0.3) is 0 Å². The number of Topliss-reactive ketones (excluding diaryl/α,β-unsaturated/α-hetero) is 1. The number of hydrogen-bond acceptors (Lipinski definition) is 8. The van der Waals surface area contributed by atoms with Gasteiger partial charge >= 0.3 is 5.97 Å². The van der Waals surface area contributed by atoms with Crippen molar-refractivity contribution in [3.05, 3.63) is 40.3 Å². The summed E-state index contributed by atoms with van der Waals surface area (Å²) < 4.78 is 24.2. The number of rotatable bonds is 2. The zero-order valence-electron chi connectivity index (χ0n) is 25.8. The van der Waals surface area contributed by atoms with Crippen LogP contribution in [-0.4, -0.2) is 52.2 Å². The predicted molar refractivity (Wildman–Crippen MR) is 148 cm³/mol. The Hall–Kier alpha value is -2.29. The summed E-state index contributed by atoms with van der Waals surface area (Å²) in [6, 6.07) is 0. The van der Waals surface area contributed by atoms with Gasteiger partial charge in [-0.05, 0) is 62.5 Å². The molecule has 1 aromatic heterocycles. The molecule has 4 aliphatic rings. The molecule has 1 aromatic rings. The number of allylic oxidation sites excluding steroid dienone is 1. The van der Waals surface area contributed by atoms with E-state index in [2.05, 4.69) is 25.9 Å². The molecule has 1 spiro atoms. The molecule has 2 bridgehead atoms. The summed E-state index contributed by atoms with van der Waals surface area (Å²) in [6.45, 7) is 21.6. The summed E-state index contributed by atoms with van der Waals surface area (Å²) in [5, 5.41) is 17.4. The van der Waals surface area contributed by atoms with Gasteiger partial charge in [-0.1, -0.05) is 65.8 Å². The average molecular weight is 556 g/mol. The van der Waals surface area contributed by atoms with E-state index in [1.54, 1.807) is 20.8 Å². The predicted octanol–water partition coefficient (Wildman–Crippen LogP) is 5.46. The van der Waals surface area contributed by atoms with Crippen LogP contribution in [-0.2, 0) is 24.4 Å². The van der Waals surface area contributed by atoms with Crippen molar-refractivity contribution in [2.75, 3.05) is 6.61 Å². The van der Waals surface area contributed by atoms with E-state index in [9.17, 15) is 14.7 Å². The van der Waals surface area contributed by atoms with Gasteiger partial charge in [0.05, 0.1) is 12.0 Å². The van der Waals surface area contributed by atoms with Crippen molar-refractivity contribution in [2.24, 2.45) is 28.6 Å². The fraction of sp³-hybridized carbons (Fsp3) is 0.719. The molecule has 8 heteroatoms. The number of aliphatic hydroxyl groups is 1. The Morgan fingerprint density at radius 2 is 1.77 bits per heavy atom. The first-order valence-corrected chi connectivity index (χ1v) is 14.4. The molecule has 1 aliphatic heterocycles. The lowest BCUT2D eigenvalue weighted by atomic mass is 9.59. The van der Waals surface area contributed by atoms with Crippen molar-refractivity contribution in [1.29, 1.82) is 0 Å². The second-order valence-corrected chi connectivity index (χ2v) is 14.7. The molecule has 3 aliphatic carbocycles. The van der Waals surface area contributed by atoms with Crippen LogP contribution >= 0.6 is 0 Å². The van der Waals surface area contributed by atoms with E-state index in [0.717, 1.165) is 6.42 Å². The minimum Gasteiger partial charge on any atom is -0.451 e. The summed E-state index contributed by atoms with van der Waals surface area (Å²) in [5.41, 5.74) is -2.01. The summed E-state index contributed by atoms with van der Waals surface area (Å²) in [5.74, 6) is -1.90. The van der Waals surface area contributed by atoms with E-state index in [0.29, 0.717) is 22.6 Å². The summed E-state index contributed by atoms with van der Waals surface area (Å²) in [6.07, 6.45) is 2.52. The number of ether oxygens (including phenoxy) is 3. The van der Waals surface area contributed by atoms with E-state index in [-0.39, 0.29) is 35.2 Å². The highest BCUT2D eigenvalue weighted by Gasteiger charge is 2.74. The third-order valence-corrected chi connectivity index (χ3v) is 10.3. The maximum absolute atomic E-state index is 14.9. The van der Waals surface area contributed by atoms with Crippen LogP contribution in [0.4, 0.5) is 0 Å². The highest BCUT2D eigenvalue weighted by molar-refractivity contribution is 5.96. The Morgan fingerprint density at radius 3 is 2.40 bits per heavy atom. The number of carbonyl (C=O) groups excluding carboxylic acids is 2. The van der Waals surface area contributed by atoms with Crippen molar-refractivity contribution in [3.63, 3.8) is 0 Å². The van der Waals surface area contributed by atoms with Crippen molar-refractivity contribution in [2.45, 2.75) is 112 Å². The fourth-order valence-corrected chi connectivity index (χ4v) is 7.65. The number of fused-ring (bicyclic) bond motifs is 3. The first-order chi connectivity index (χ1) is 18.3. The van der Waals surface area contributed by atoms with E-state index in [1.165, 1.54) is 0 Å². The number of esters is 1. The van der Waals surface area contributed by atoms with Gasteiger partial charge in [-0.25, -0.2) is 4.79 Å². The van der Waals surface area contributed by atoms with Gasteiger partial charge in [0.1, 0.15) is 23.1 Å². The number of carbonyl (C=O) groups is 2. The molecule has 2 heterocycles. The van der Waals surface area contributed by atoms with Gasteiger partial charge in [0.15, 0.2) is 23.3 Å². The Kier molecular flexibility index (Phi) is 6.47. The Morgan fingerprint density at radius 1 is 1.12 bits per heavy atom. The minimum absolute atomic E-state index is 0.0606. The molecule has 7 atom stereocenters. The van der Waals surface area contributed by atoms with Crippen molar-refractivity contribution >= 4 is 11.8 Å². The van der Waals surface area contributed by atoms with E-state index in [4.69, 9.17) is 18.7 Å². The molecular formula is C32H45NO7. The van der Waals surface area contributed by atoms with Gasteiger partial charge in [-0.3, -0.25) is 4.79 Å². The van der Waals surface area contributed by atoms with Gasteiger partial charge in [-0.2, -0.15) is 0 Å². The number of aromatic nitrogens is 1. The summed E-state index contributed by atoms with van der Waals surface area (Å²) >= 11 is 0. The lowest BCUT2D eigenvalue weighted by Gasteiger charge is -2.52. The normalized spacial score (nSPS) is 38.4. The largest absolute Gasteiger partial charge is 0.451 e. The zero-order chi connectivity index (χ0) is 29.8. The fourth-order valence-electron chi connectivity index (χ4n) is 7.65. The van der Waals surface area contributed by atoms with E-state index >= 15 is 0 Å². The quantitative estimate of drug-likeness (QED) is 0.379. The van der Waals surface area contributed by atoms with E-state index < -0.39 is 46.3 Å². The van der Waals surface area contributed by atoms with Crippen LogP contribution in [0.3, 0.4) is 0 Å². The van der Waals surface area contributed by atoms with Crippen LogP contribution in [0.2, 0.25) is 0 Å².